The van der Waals surface area contributed by atoms with Gasteiger partial charge in [0, 0.05) is 13.1 Å². The Morgan fingerprint density at radius 2 is 1.61 bits per heavy atom. The highest BCUT2D eigenvalue weighted by atomic mass is 16.5. The molecule has 214 valence electrons. The topological polar surface area (TPSA) is 80.1 Å². The van der Waals surface area contributed by atoms with Crippen molar-refractivity contribution in [3.8, 4) is 5.75 Å². The summed E-state index contributed by atoms with van der Waals surface area (Å²) in [6.07, 6.45) is 2.40. The number of amides is 2. The molecule has 0 saturated heterocycles. The van der Waals surface area contributed by atoms with Gasteiger partial charge in [-0.05, 0) is 54.7 Å². The Morgan fingerprint density at radius 3 is 2.29 bits per heavy atom. The van der Waals surface area contributed by atoms with Crippen molar-refractivity contribution < 1.29 is 18.7 Å². The van der Waals surface area contributed by atoms with Crippen LogP contribution in [0.25, 0.3) is 11.0 Å². The van der Waals surface area contributed by atoms with Crippen LogP contribution in [0.5, 0.6) is 5.75 Å². The van der Waals surface area contributed by atoms with E-state index in [1.165, 1.54) is 6.26 Å². The third-order valence-electron chi connectivity index (χ3n) is 7.10. The van der Waals surface area contributed by atoms with E-state index in [-0.39, 0.29) is 36.8 Å². The predicted octanol–water partition coefficient (Wildman–Crippen LogP) is 5.76. The van der Waals surface area contributed by atoms with Crippen molar-refractivity contribution in [3.05, 3.63) is 112 Å². The van der Waals surface area contributed by atoms with Gasteiger partial charge < -0.3 is 19.0 Å². The first-order chi connectivity index (χ1) is 19.7. The van der Waals surface area contributed by atoms with Crippen LogP contribution < -0.4 is 10.2 Å². The number of benzene rings is 3. The lowest BCUT2D eigenvalue weighted by molar-refractivity contribution is -0.141. The molecular formula is C34H38N2O5. The third-order valence-corrected chi connectivity index (χ3v) is 7.10. The molecule has 7 heteroatoms. The van der Waals surface area contributed by atoms with Crippen LogP contribution in [0.2, 0.25) is 0 Å². The number of ether oxygens (including phenoxy) is 1. The van der Waals surface area contributed by atoms with Gasteiger partial charge >= 0.3 is 0 Å². The molecule has 0 bridgehead atoms. The monoisotopic (exact) mass is 554 g/mol. The number of carbonyl (C=O) groups excluding carboxylic acids is 2. The van der Waals surface area contributed by atoms with Crippen LogP contribution in [0.1, 0.15) is 42.5 Å². The number of carbonyl (C=O) groups is 2. The van der Waals surface area contributed by atoms with Crippen molar-refractivity contribution in [1.29, 1.82) is 0 Å². The largest absolute Gasteiger partial charge is 0.497 e. The molecule has 0 saturated carbocycles. The van der Waals surface area contributed by atoms with E-state index in [0.29, 0.717) is 35.5 Å². The highest BCUT2D eigenvalue weighted by Crippen LogP contribution is 2.17. The SMILES string of the molecule is COc1ccc(CC(=O)N(CCC(C)C)CC(=O)N(Cc2ccccc2)Cc2coc3ccc(C)cc3c2=O)cc1. The minimum atomic E-state index is -0.232. The molecule has 0 unspecified atom stereocenters. The van der Waals surface area contributed by atoms with Crippen LogP contribution >= 0.6 is 0 Å². The number of hydrogen-bond acceptors (Lipinski definition) is 5. The molecule has 2 amide bonds. The zero-order chi connectivity index (χ0) is 29.4. The minimum absolute atomic E-state index is 0.0740. The maximum Gasteiger partial charge on any atom is 0.242 e. The minimum Gasteiger partial charge on any atom is -0.497 e. The van der Waals surface area contributed by atoms with E-state index in [9.17, 15) is 14.4 Å². The van der Waals surface area contributed by atoms with Crippen molar-refractivity contribution >= 4 is 22.8 Å². The molecule has 0 N–H and O–H groups in total. The fourth-order valence-electron chi connectivity index (χ4n) is 4.63. The molecule has 41 heavy (non-hydrogen) atoms. The first-order valence-electron chi connectivity index (χ1n) is 14.0. The summed E-state index contributed by atoms with van der Waals surface area (Å²) in [5.74, 6) is 0.736. The second-order valence-electron chi connectivity index (χ2n) is 10.8. The molecule has 1 aromatic heterocycles. The smallest absolute Gasteiger partial charge is 0.242 e. The van der Waals surface area contributed by atoms with Crippen molar-refractivity contribution in [2.24, 2.45) is 5.92 Å². The summed E-state index contributed by atoms with van der Waals surface area (Å²) in [7, 11) is 1.60. The number of hydrogen-bond donors (Lipinski definition) is 0. The molecular weight excluding hydrogens is 516 g/mol. The van der Waals surface area contributed by atoms with E-state index in [4.69, 9.17) is 9.15 Å². The van der Waals surface area contributed by atoms with Gasteiger partial charge in [-0.1, -0.05) is 67.9 Å². The zero-order valence-electron chi connectivity index (χ0n) is 24.3. The van der Waals surface area contributed by atoms with Crippen LogP contribution in [0.4, 0.5) is 0 Å². The molecule has 7 nitrogen and oxygen atoms in total. The number of nitrogens with zero attached hydrogens (tertiary/aromatic N) is 2. The van der Waals surface area contributed by atoms with Gasteiger partial charge in [0.05, 0.1) is 43.8 Å². The van der Waals surface area contributed by atoms with Gasteiger partial charge in [0.1, 0.15) is 11.3 Å². The summed E-state index contributed by atoms with van der Waals surface area (Å²) < 4.78 is 11.0. The summed E-state index contributed by atoms with van der Waals surface area (Å²) in [6.45, 7) is 6.88. The standard InChI is InChI=1S/C34H38N2O5/c1-24(2)16-17-35(32(37)19-26-11-13-29(40-4)14-12-26)22-33(38)36(20-27-8-6-5-7-9-27)21-28-23-41-31-15-10-25(3)18-30(31)34(28)39/h5-15,18,23-24H,16-17,19-22H2,1-4H3. The van der Waals surface area contributed by atoms with Crippen LogP contribution in [0.15, 0.2) is 88.3 Å². The summed E-state index contributed by atoms with van der Waals surface area (Å²) in [5, 5.41) is 0.489. The van der Waals surface area contributed by atoms with Gasteiger partial charge in [-0.3, -0.25) is 14.4 Å². The molecule has 4 rings (SSSR count). The normalized spacial score (nSPS) is 11.0. The van der Waals surface area contributed by atoms with E-state index < -0.39 is 0 Å². The maximum atomic E-state index is 13.9. The number of fused-ring (bicyclic) bond motifs is 1. The van der Waals surface area contributed by atoms with E-state index in [0.717, 1.165) is 28.9 Å². The van der Waals surface area contributed by atoms with Crippen molar-refractivity contribution in [1.82, 2.24) is 9.80 Å². The fraction of sp³-hybridized carbons (Fsp3) is 0.324. The van der Waals surface area contributed by atoms with Gasteiger partial charge in [-0.25, -0.2) is 0 Å². The van der Waals surface area contributed by atoms with E-state index >= 15 is 0 Å². The molecule has 3 aromatic carbocycles. The number of rotatable bonds is 12. The average molecular weight is 555 g/mol. The van der Waals surface area contributed by atoms with E-state index in [1.807, 2.05) is 67.6 Å². The Morgan fingerprint density at radius 1 is 0.878 bits per heavy atom. The summed E-state index contributed by atoms with van der Waals surface area (Å²) in [4.78, 5) is 43.9. The molecule has 0 atom stereocenters. The first kappa shape index (κ1) is 29.6. The first-order valence-corrected chi connectivity index (χ1v) is 14.0. The highest BCUT2D eigenvalue weighted by molar-refractivity contribution is 5.86. The lowest BCUT2D eigenvalue weighted by Gasteiger charge is -2.28. The highest BCUT2D eigenvalue weighted by Gasteiger charge is 2.23. The van der Waals surface area contributed by atoms with Crippen molar-refractivity contribution in [3.63, 3.8) is 0 Å². The second-order valence-corrected chi connectivity index (χ2v) is 10.8. The third kappa shape index (κ3) is 8.07. The lowest BCUT2D eigenvalue weighted by atomic mass is 10.1. The van der Waals surface area contributed by atoms with Crippen LogP contribution in [-0.2, 0) is 29.1 Å². The molecule has 0 aliphatic heterocycles. The molecule has 1 heterocycles. The number of aryl methyl sites for hydroxylation is 1. The Kier molecular flexibility index (Phi) is 9.95. The maximum absolute atomic E-state index is 13.9. The van der Waals surface area contributed by atoms with Crippen LogP contribution in [0.3, 0.4) is 0 Å². The van der Waals surface area contributed by atoms with Gasteiger partial charge in [0.25, 0.3) is 0 Å². The summed E-state index contributed by atoms with van der Waals surface area (Å²) >= 11 is 0. The fourth-order valence-corrected chi connectivity index (χ4v) is 4.63. The van der Waals surface area contributed by atoms with Gasteiger partial charge in [-0.15, -0.1) is 0 Å². The Bertz CT molecular complexity index is 1530. The lowest BCUT2D eigenvalue weighted by Crippen LogP contribution is -2.44. The Hall–Kier alpha value is -4.39. The zero-order valence-corrected chi connectivity index (χ0v) is 24.3. The van der Waals surface area contributed by atoms with Gasteiger partial charge in [-0.2, -0.15) is 0 Å². The second kappa shape index (κ2) is 13.8. The summed E-state index contributed by atoms with van der Waals surface area (Å²) in [5.41, 5.74) is 3.48. The van der Waals surface area contributed by atoms with Gasteiger partial charge in [0.15, 0.2) is 5.43 Å². The van der Waals surface area contributed by atoms with Crippen LogP contribution in [-0.4, -0.2) is 41.8 Å². The summed E-state index contributed by atoms with van der Waals surface area (Å²) in [6, 6.07) is 22.5. The molecule has 4 aromatic rings. The molecule has 0 aliphatic rings. The molecule has 0 aliphatic carbocycles. The number of methoxy groups -OCH3 is 1. The Labute approximate surface area is 241 Å². The molecule has 0 spiro atoms. The quantitative estimate of drug-likeness (QED) is 0.223. The molecule has 0 radical (unpaired) electrons. The van der Waals surface area contributed by atoms with E-state index in [2.05, 4.69) is 13.8 Å². The average Bonchev–Trinajstić information content (AvgIpc) is 2.97. The van der Waals surface area contributed by atoms with Crippen molar-refractivity contribution in [2.45, 2.75) is 46.7 Å². The van der Waals surface area contributed by atoms with E-state index in [1.54, 1.807) is 29.0 Å². The predicted molar refractivity (Wildman–Crippen MR) is 161 cm³/mol. The molecule has 0 fully saturated rings. The van der Waals surface area contributed by atoms with Crippen molar-refractivity contribution in [2.75, 3.05) is 20.2 Å². The van der Waals surface area contributed by atoms with Gasteiger partial charge in [0.2, 0.25) is 11.8 Å². The Balaban J connectivity index is 1.59. The van der Waals surface area contributed by atoms with Crippen LogP contribution in [0, 0.1) is 12.8 Å².